The molecule has 8 nitrogen and oxygen atoms in total. The zero-order valence-corrected chi connectivity index (χ0v) is 18.2. The number of hydrogen-bond acceptors (Lipinski definition) is 5. The monoisotopic (exact) mass is 425 g/mol. The number of methoxy groups -OCH3 is 1. The fourth-order valence-corrected chi connectivity index (χ4v) is 4.55. The molecule has 0 bridgehead atoms. The summed E-state index contributed by atoms with van der Waals surface area (Å²) in [4.78, 5) is 29.7. The second kappa shape index (κ2) is 9.51. The molecule has 3 heterocycles. The molecule has 31 heavy (non-hydrogen) atoms. The first-order valence-corrected chi connectivity index (χ1v) is 11.2. The van der Waals surface area contributed by atoms with Crippen LogP contribution in [-0.4, -0.2) is 71.2 Å². The fourth-order valence-electron chi connectivity index (χ4n) is 4.55. The van der Waals surface area contributed by atoms with Crippen molar-refractivity contribution in [1.82, 2.24) is 19.6 Å². The molecular weight excluding hydrogens is 394 g/mol. The topological polar surface area (TPSA) is 93.7 Å². The Morgan fingerprint density at radius 2 is 1.77 bits per heavy atom. The van der Waals surface area contributed by atoms with Gasteiger partial charge in [0.2, 0.25) is 0 Å². The number of carbonyl (C=O) groups is 2. The molecule has 0 aliphatic carbocycles. The van der Waals surface area contributed by atoms with Crippen LogP contribution in [0.4, 0.5) is 0 Å². The molecule has 2 amide bonds. The van der Waals surface area contributed by atoms with Crippen molar-refractivity contribution in [2.45, 2.75) is 38.5 Å². The standard InChI is InChI=1S/C23H31N5O3/c1-31-18-9-7-17(8-10-18)28-21-19(20(25-28)22(24)29)11-16-27(23(21)30)15-6-5-14-26-12-3-2-4-13-26/h7-10H,2-6,11-16H2,1H3,(H2,24,29). The van der Waals surface area contributed by atoms with E-state index in [1.807, 2.05) is 17.0 Å². The van der Waals surface area contributed by atoms with E-state index in [4.69, 9.17) is 10.5 Å². The molecule has 2 N–H and O–H groups in total. The number of fused-ring (bicyclic) bond motifs is 1. The molecule has 0 spiro atoms. The third-order valence-corrected chi connectivity index (χ3v) is 6.26. The van der Waals surface area contributed by atoms with Crippen molar-refractivity contribution >= 4 is 11.8 Å². The van der Waals surface area contributed by atoms with Gasteiger partial charge < -0.3 is 20.3 Å². The van der Waals surface area contributed by atoms with E-state index in [0.717, 1.165) is 19.4 Å². The number of benzene rings is 1. The van der Waals surface area contributed by atoms with Crippen molar-refractivity contribution in [1.29, 1.82) is 0 Å². The summed E-state index contributed by atoms with van der Waals surface area (Å²) in [6.45, 7) is 4.80. The van der Waals surface area contributed by atoms with Gasteiger partial charge in [-0.1, -0.05) is 6.42 Å². The third kappa shape index (κ3) is 4.58. The van der Waals surface area contributed by atoms with Gasteiger partial charge in [0.15, 0.2) is 5.69 Å². The fraction of sp³-hybridized carbons (Fsp3) is 0.522. The quantitative estimate of drug-likeness (QED) is 0.655. The van der Waals surface area contributed by atoms with Gasteiger partial charge in [-0.2, -0.15) is 5.10 Å². The average Bonchev–Trinajstić information content (AvgIpc) is 3.19. The Kier molecular flexibility index (Phi) is 6.56. The van der Waals surface area contributed by atoms with Gasteiger partial charge in [-0.15, -0.1) is 0 Å². The van der Waals surface area contributed by atoms with E-state index in [1.165, 1.54) is 32.4 Å². The van der Waals surface area contributed by atoms with E-state index in [1.54, 1.807) is 23.9 Å². The predicted octanol–water partition coefficient (Wildman–Crippen LogP) is 2.24. The highest BCUT2D eigenvalue weighted by molar-refractivity contribution is 6.01. The highest BCUT2D eigenvalue weighted by Gasteiger charge is 2.33. The van der Waals surface area contributed by atoms with Crippen molar-refractivity contribution in [2.24, 2.45) is 5.73 Å². The van der Waals surface area contributed by atoms with Crippen LogP contribution in [0, 0.1) is 0 Å². The van der Waals surface area contributed by atoms with Crippen molar-refractivity contribution in [3.8, 4) is 11.4 Å². The summed E-state index contributed by atoms with van der Waals surface area (Å²) in [5, 5.41) is 4.41. The highest BCUT2D eigenvalue weighted by Crippen LogP contribution is 2.26. The maximum Gasteiger partial charge on any atom is 0.272 e. The lowest BCUT2D eigenvalue weighted by atomic mass is 10.0. The number of primary amides is 1. The van der Waals surface area contributed by atoms with Gasteiger partial charge in [-0.3, -0.25) is 9.59 Å². The molecule has 8 heteroatoms. The van der Waals surface area contributed by atoms with Gasteiger partial charge in [0, 0.05) is 18.7 Å². The highest BCUT2D eigenvalue weighted by atomic mass is 16.5. The molecule has 1 saturated heterocycles. The van der Waals surface area contributed by atoms with Crippen LogP contribution in [0.2, 0.25) is 0 Å². The van der Waals surface area contributed by atoms with Crippen molar-refractivity contribution in [3.05, 3.63) is 41.2 Å². The Morgan fingerprint density at radius 3 is 2.45 bits per heavy atom. The lowest BCUT2D eigenvalue weighted by Crippen LogP contribution is -2.40. The van der Waals surface area contributed by atoms with Crippen LogP contribution in [0.25, 0.3) is 5.69 Å². The van der Waals surface area contributed by atoms with Crippen LogP contribution in [0.5, 0.6) is 5.75 Å². The van der Waals surface area contributed by atoms with Crippen molar-refractivity contribution < 1.29 is 14.3 Å². The van der Waals surface area contributed by atoms with E-state index < -0.39 is 5.91 Å². The number of hydrogen-bond donors (Lipinski definition) is 1. The van der Waals surface area contributed by atoms with Crippen molar-refractivity contribution in [2.75, 3.05) is 39.8 Å². The molecule has 2 aliphatic rings. The first-order valence-electron chi connectivity index (χ1n) is 11.2. The van der Waals surface area contributed by atoms with Crippen LogP contribution >= 0.6 is 0 Å². The largest absolute Gasteiger partial charge is 0.497 e. The zero-order valence-electron chi connectivity index (χ0n) is 18.2. The summed E-state index contributed by atoms with van der Waals surface area (Å²) in [5.74, 6) is 0.0166. The first kappa shape index (κ1) is 21.4. The molecule has 1 aromatic carbocycles. The van der Waals surface area contributed by atoms with Crippen LogP contribution in [0.3, 0.4) is 0 Å². The smallest absolute Gasteiger partial charge is 0.272 e. The van der Waals surface area contributed by atoms with E-state index in [2.05, 4.69) is 10.00 Å². The lowest BCUT2D eigenvalue weighted by Gasteiger charge is -2.29. The van der Waals surface area contributed by atoms with Crippen LogP contribution in [0.15, 0.2) is 24.3 Å². The van der Waals surface area contributed by atoms with Gasteiger partial charge in [-0.05, 0) is 76.0 Å². The summed E-state index contributed by atoms with van der Waals surface area (Å²) in [7, 11) is 1.60. The summed E-state index contributed by atoms with van der Waals surface area (Å²) in [6.07, 6.45) is 6.58. The Bertz CT molecular complexity index is 931. The third-order valence-electron chi connectivity index (χ3n) is 6.26. The Labute approximate surface area is 182 Å². The van der Waals surface area contributed by atoms with E-state index in [0.29, 0.717) is 42.2 Å². The SMILES string of the molecule is COc1ccc(-n2nc(C(N)=O)c3c2C(=O)N(CCCCN2CCCCC2)CC3)cc1. The summed E-state index contributed by atoms with van der Waals surface area (Å²) in [6, 6.07) is 7.25. The minimum absolute atomic E-state index is 0.0879. The second-order valence-corrected chi connectivity index (χ2v) is 8.30. The van der Waals surface area contributed by atoms with Gasteiger partial charge in [0.1, 0.15) is 11.4 Å². The number of piperidine rings is 1. The Balaban J connectivity index is 1.49. The van der Waals surface area contributed by atoms with Gasteiger partial charge >= 0.3 is 0 Å². The van der Waals surface area contributed by atoms with E-state index in [-0.39, 0.29) is 11.6 Å². The normalized spacial score (nSPS) is 16.9. The average molecular weight is 426 g/mol. The molecule has 1 fully saturated rings. The van der Waals surface area contributed by atoms with Crippen molar-refractivity contribution in [3.63, 3.8) is 0 Å². The molecular formula is C23H31N5O3. The van der Waals surface area contributed by atoms with Gasteiger partial charge in [0.25, 0.3) is 11.8 Å². The number of amides is 2. The molecule has 4 rings (SSSR count). The number of aromatic nitrogens is 2. The molecule has 0 radical (unpaired) electrons. The minimum atomic E-state index is -0.605. The van der Waals surface area contributed by atoms with Gasteiger partial charge in [-0.25, -0.2) is 4.68 Å². The predicted molar refractivity (Wildman–Crippen MR) is 118 cm³/mol. The molecule has 2 aromatic rings. The summed E-state index contributed by atoms with van der Waals surface area (Å²) in [5.41, 5.74) is 7.54. The number of unbranched alkanes of at least 4 members (excludes halogenated alkanes) is 1. The molecule has 2 aliphatic heterocycles. The minimum Gasteiger partial charge on any atom is -0.497 e. The Morgan fingerprint density at radius 1 is 1.06 bits per heavy atom. The van der Waals surface area contributed by atoms with E-state index in [9.17, 15) is 9.59 Å². The maximum atomic E-state index is 13.3. The number of ether oxygens (including phenoxy) is 1. The summed E-state index contributed by atoms with van der Waals surface area (Å²) < 4.78 is 6.77. The molecule has 1 aromatic heterocycles. The maximum absolute atomic E-state index is 13.3. The zero-order chi connectivity index (χ0) is 21.8. The number of nitrogens with two attached hydrogens (primary N) is 1. The summed E-state index contributed by atoms with van der Waals surface area (Å²) >= 11 is 0. The first-order chi connectivity index (χ1) is 15.1. The lowest BCUT2D eigenvalue weighted by molar-refractivity contribution is 0.0725. The number of carbonyl (C=O) groups excluding carboxylic acids is 2. The molecule has 0 unspecified atom stereocenters. The number of rotatable bonds is 8. The molecule has 0 saturated carbocycles. The Hall–Kier alpha value is -2.87. The number of nitrogens with zero attached hydrogens (tertiary/aromatic N) is 4. The second-order valence-electron chi connectivity index (χ2n) is 8.30. The molecule has 166 valence electrons. The molecule has 0 atom stereocenters. The van der Waals surface area contributed by atoms with Crippen LogP contribution in [-0.2, 0) is 6.42 Å². The number of likely N-dealkylation sites (tertiary alicyclic amines) is 1. The van der Waals surface area contributed by atoms with E-state index >= 15 is 0 Å². The van der Waals surface area contributed by atoms with Crippen LogP contribution < -0.4 is 10.5 Å². The van der Waals surface area contributed by atoms with Gasteiger partial charge in [0.05, 0.1) is 12.8 Å². The van der Waals surface area contributed by atoms with Crippen LogP contribution in [0.1, 0.15) is 58.6 Å².